The van der Waals surface area contributed by atoms with E-state index in [1.807, 2.05) is 25.1 Å². The number of fused-ring (bicyclic) bond motifs is 1. The van der Waals surface area contributed by atoms with Gasteiger partial charge in [-0.25, -0.2) is 19.3 Å². The van der Waals surface area contributed by atoms with Gasteiger partial charge in [-0.1, -0.05) is 18.2 Å². The van der Waals surface area contributed by atoms with Gasteiger partial charge in [0.2, 0.25) is 11.8 Å². The van der Waals surface area contributed by atoms with Crippen molar-refractivity contribution >= 4 is 11.6 Å². The summed E-state index contributed by atoms with van der Waals surface area (Å²) in [7, 11) is 3.16. The standard InChI is InChI=1S/C24H26FN5O3/c1-14-23-20(29-24(26)27-14)11-15(12-21(23)30-33-10-9-31-2)17-8-7-16(25)13-18(17)19-5-4-6-22(28-19)32-3/h4-8,12-13,15,30H,9-11H2,1-3H3,(H2,26,27,29). The zero-order valence-corrected chi connectivity index (χ0v) is 18.8. The number of nitrogens with one attached hydrogen (secondary N) is 1. The third-order valence-corrected chi connectivity index (χ3v) is 5.43. The highest BCUT2D eigenvalue weighted by Gasteiger charge is 2.27. The molecule has 0 fully saturated rings. The van der Waals surface area contributed by atoms with Gasteiger partial charge in [0.15, 0.2) is 0 Å². The molecule has 2 aromatic heterocycles. The molecule has 0 saturated heterocycles. The average molecular weight is 452 g/mol. The van der Waals surface area contributed by atoms with E-state index in [0.717, 1.165) is 28.2 Å². The molecule has 0 bridgehead atoms. The fraction of sp³-hybridized carbons (Fsp3) is 0.292. The maximum atomic E-state index is 14.3. The number of aryl methyl sites for hydroxylation is 1. The van der Waals surface area contributed by atoms with E-state index in [-0.39, 0.29) is 17.7 Å². The van der Waals surface area contributed by atoms with Gasteiger partial charge in [-0.2, -0.15) is 0 Å². The van der Waals surface area contributed by atoms with Crippen LogP contribution in [-0.2, 0) is 16.0 Å². The number of hydrogen-bond acceptors (Lipinski definition) is 8. The maximum absolute atomic E-state index is 14.3. The molecule has 0 radical (unpaired) electrons. The molecule has 0 spiro atoms. The van der Waals surface area contributed by atoms with Crippen molar-refractivity contribution in [3.8, 4) is 17.1 Å². The van der Waals surface area contributed by atoms with Gasteiger partial charge in [0, 0.05) is 36.6 Å². The van der Waals surface area contributed by atoms with Crippen molar-refractivity contribution in [2.75, 3.05) is 33.2 Å². The lowest BCUT2D eigenvalue weighted by Gasteiger charge is -2.26. The first-order valence-electron chi connectivity index (χ1n) is 10.5. The molecule has 3 N–H and O–H groups in total. The summed E-state index contributed by atoms with van der Waals surface area (Å²) >= 11 is 0. The van der Waals surface area contributed by atoms with Crippen LogP contribution < -0.4 is 16.0 Å². The molecule has 0 amide bonds. The van der Waals surface area contributed by atoms with Crippen LogP contribution in [0.1, 0.15) is 28.4 Å². The van der Waals surface area contributed by atoms with Crippen molar-refractivity contribution in [2.24, 2.45) is 0 Å². The first-order valence-corrected chi connectivity index (χ1v) is 10.5. The molecule has 9 heteroatoms. The van der Waals surface area contributed by atoms with Crippen LogP contribution >= 0.6 is 0 Å². The van der Waals surface area contributed by atoms with Gasteiger partial charge in [-0.05, 0) is 30.7 Å². The lowest BCUT2D eigenvalue weighted by Crippen LogP contribution is -2.24. The van der Waals surface area contributed by atoms with Crippen molar-refractivity contribution in [1.29, 1.82) is 0 Å². The Morgan fingerprint density at radius 3 is 2.76 bits per heavy atom. The van der Waals surface area contributed by atoms with Crippen LogP contribution in [0.3, 0.4) is 0 Å². The summed E-state index contributed by atoms with van der Waals surface area (Å²) in [4.78, 5) is 18.9. The van der Waals surface area contributed by atoms with Gasteiger partial charge in [0.05, 0.1) is 43.1 Å². The summed E-state index contributed by atoms with van der Waals surface area (Å²) in [5.74, 6) is 0.183. The lowest BCUT2D eigenvalue weighted by atomic mass is 9.83. The Morgan fingerprint density at radius 1 is 1.12 bits per heavy atom. The van der Waals surface area contributed by atoms with E-state index in [2.05, 4.69) is 20.4 Å². The normalized spacial score (nSPS) is 15.0. The van der Waals surface area contributed by atoms with Gasteiger partial charge < -0.3 is 15.2 Å². The van der Waals surface area contributed by atoms with Crippen molar-refractivity contribution in [3.05, 3.63) is 70.8 Å². The zero-order chi connectivity index (χ0) is 23.4. The van der Waals surface area contributed by atoms with Crippen LogP contribution in [0, 0.1) is 12.7 Å². The predicted octanol–water partition coefficient (Wildman–Crippen LogP) is 3.43. The number of nitrogens with two attached hydrogens (primary N) is 1. The number of rotatable bonds is 8. The molecule has 1 aliphatic rings. The number of nitrogen functional groups attached to an aromatic ring is 1. The molecule has 0 aliphatic heterocycles. The number of aromatic nitrogens is 3. The third-order valence-electron chi connectivity index (χ3n) is 5.43. The minimum atomic E-state index is -0.345. The molecule has 1 aromatic carbocycles. The molecule has 33 heavy (non-hydrogen) atoms. The van der Waals surface area contributed by atoms with Gasteiger partial charge in [0.25, 0.3) is 0 Å². The van der Waals surface area contributed by atoms with Crippen LogP contribution in [-0.4, -0.2) is 42.4 Å². The summed E-state index contributed by atoms with van der Waals surface area (Å²) in [6.07, 6.45) is 2.60. The lowest BCUT2D eigenvalue weighted by molar-refractivity contribution is 0.0331. The number of methoxy groups -OCH3 is 2. The largest absolute Gasteiger partial charge is 0.481 e. The molecule has 1 atom stereocenters. The van der Waals surface area contributed by atoms with E-state index < -0.39 is 0 Å². The first kappa shape index (κ1) is 22.6. The highest BCUT2D eigenvalue weighted by molar-refractivity contribution is 5.73. The Balaban J connectivity index is 1.78. The molecule has 1 aliphatic carbocycles. The van der Waals surface area contributed by atoms with E-state index >= 15 is 0 Å². The number of nitrogens with zero attached hydrogens (tertiary/aromatic N) is 3. The predicted molar refractivity (Wildman–Crippen MR) is 123 cm³/mol. The van der Waals surface area contributed by atoms with Gasteiger partial charge in [0.1, 0.15) is 5.82 Å². The van der Waals surface area contributed by atoms with E-state index in [4.69, 9.17) is 20.0 Å². The molecule has 3 aromatic rings. The molecule has 172 valence electrons. The van der Waals surface area contributed by atoms with Crippen molar-refractivity contribution in [1.82, 2.24) is 20.4 Å². The van der Waals surface area contributed by atoms with Crippen molar-refractivity contribution in [2.45, 2.75) is 19.3 Å². The number of benzene rings is 1. The van der Waals surface area contributed by atoms with E-state index in [0.29, 0.717) is 36.8 Å². The molecule has 0 saturated carbocycles. The zero-order valence-electron chi connectivity index (χ0n) is 18.8. The molecule has 4 rings (SSSR count). The molecule has 1 unspecified atom stereocenters. The Kier molecular flexibility index (Phi) is 6.81. The van der Waals surface area contributed by atoms with Crippen LogP contribution in [0.25, 0.3) is 17.0 Å². The number of hydrogen-bond donors (Lipinski definition) is 2. The van der Waals surface area contributed by atoms with Gasteiger partial charge >= 0.3 is 0 Å². The summed E-state index contributed by atoms with van der Waals surface area (Å²) in [5, 5.41) is 0. The molecular weight excluding hydrogens is 425 g/mol. The quantitative estimate of drug-likeness (QED) is 0.397. The fourth-order valence-electron chi connectivity index (χ4n) is 4.00. The van der Waals surface area contributed by atoms with E-state index in [1.165, 1.54) is 12.1 Å². The Bertz CT molecular complexity index is 1180. The summed E-state index contributed by atoms with van der Waals surface area (Å²) in [6.45, 7) is 2.68. The second kappa shape index (κ2) is 9.93. The number of ether oxygens (including phenoxy) is 2. The maximum Gasteiger partial charge on any atom is 0.220 e. The Labute approximate surface area is 191 Å². The van der Waals surface area contributed by atoms with Crippen LogP contribution in [0.4, 0.5) is 10.3 Å². The molecule has 2 heterocycles. The van der Waals surface area contributed by atoms with Crippen LogP contribution in [0.5, 0.6) is 5.88 Å². The number of anilines is 1. The summed E-state index contributed by atoms with van der Waals surface area (Å²) in [5.41, 5.74) is 14.3. The number of allylic oxidation sites excluding steroid dienone is 1. The van der Waals surface area contributed by atoms with Crippen molar-refractivity contribution in [3.63, 3.8) is 0 Å². The highest BCUT2D eigenvalue weighted by atomic mass is 19.1. The van der Waals surface area contributed by atoms with Gasteiger partial charge in [-0.15, -0.1) is 0 Å². The topological polar surface area (TPSA) is 104 Å². The van der Waals surface area contributed by atoms with E-state index in [9.17, 15) is 4.39 Å². The smallest absolute Gasteiger partial charge is 0.220 e. The number of pyridine rings is 1. The first-order chi connectivity index (χ1) is 16.0. The Morgan fingerprint density at radius 2 is 1.97 bits per heavy atom. The SMILES string of the molecule is COCCONC1=CC(c2ccc(F)cc2-c2cccc(OC)n2)Cc2nc(N)nc(C)c21. The summed E-state index contributed by atoms with van der Waals surface area (Å²) in [6, 6.07) is 10.1. The second-order valence-electron chi connectivity index (χ2n) is 7.62. The van der Waals surface area contributed by atoms with E-state index in [1.54, 1.807) is 26.4 Å². The van der Waals surface area contributed by atoms with Crippen LogP contribution in [0.2, 0.25) is 0 Å². The average Bonchev–Trinajstić information content (AvgIpc) is 2.81. The molecule has 8 nitrogen and oxygen atoms in total. The van der Waals surface area contributed by atoms with Crippen LogP contribution in [0.15, 0.2) is 42.5 Å². The van der Waals surface area contributed by atoms with Crippen molar-refractivity contribution < 1.29 is 18.7 Å². The highest BCUT2D eigenvalue weighted by Crippen LogP contribution is 2.38. The Hall–Kier alpha value is -3.56. The minimum Gasteiger partial charge on any atom is -0.481 e. The summed E-state index contributed by atoms with van der Waals surface area (Å²) < 4.78 is 24.6. The minimum absolute atomic E-state index is 0.136. The number of halogens is 1. The number of hydroxylamine groups is 1. The second-order valence-corrected chi connectivity index (χ2v) is 7.62. The molecular formula is C24H26FN5O3. The monoisotopic (exact) mass is 451 g/mol. The van der Waals surface area contributed by atoms with Gasteiger partial charge in [-0.3, -0.25) is 10.3 Å². The fourth-order valence-corrected chi connectivity index (χ4v) is 4.00. The third kappa shape index (κ3) is 4.94.